The Morgan fingerprint density at radius 2 is 2.07 bits per heavy atom. The maximum absolute atomic E-state index is 10.1. The summed E-state index contributed by atoms with van der Waals surface area (Å²) < 4.78 is 11.9. The zero-order valence-corrected chi connectivity index (χ0v) is 16.8. The van der Waals surface area contributed by atoms with E-state index in [-0.39, 0.29) is 5.75 Å². The Labute approximate surface area is 168 Å². The van der Waals surface area contributed by atoms with Crippen molar-refractivity contribution in [2.45, 2.75) is 11.4 Å². The number of hydrogen-bond acceptors (Lipinski definition) is 8. The third-order valence-corrected chi connectivity index (χ3v) is 5.23. The number of nitrogens with one attached hydrogen (secondary N) is 1. The molecule has 1 aliphatic heterocycles. The van der Waals surface area contributed by atoms with Gasteiger partial charge in [0.05, 0.1) is 11.6 Å². The topological polar surface area (TPSA) is 89.4 Å². The average molecular weight is 447 g/mol. The Morgan fingerprint density at radius 1 is 1.26 bits per heavy atom. The maximum Gasteiger partial charge on any atom is 0.247 e. The third kappa shape index (κ3) is 3.28. The van der Waals surface area contributed by atoms with Gasteiger partial charge in [0.25, 0.3) is 0 Å². The molecule has 3 aromatic rings. The van der Waals surface area contributed by atoms with Crippen molar-refractivity contribution in [3.05, 3.63) is 46.4 Å². The van der Waals surface area contributed by atoms with Crippen molar-refractivity contribution in [2.24, 2.45) is 0 Å². The fraction of sp³-hybridized carbons (Fsp3) is 0.167. The molecule has 0 radical (unpaired) electrons. The summed E-state index contributed by atoms with van der Waals surface area (Å²) in [6.07, 6.45) is 1.32. The summed E-state index contributed by atoms with van der Waals surface area (Å²) in [6.45, 7) is 0. The van der Waals surface area contributed by atoms with Gasteiger partial charge < -0.3 is 19.9 Å². The van der Waals surface area contributed by atoms with E-state index in [1.165, 1.54) is 18.9 Å². The smallest absolute Gasteiger partial charge is 0.247 e. The van der Waals surface area contributed by atoms with Crippen molar-refractivity contribution in [1.29, 1.82) is 0 Å². The first-order valence-electron chi connectivity index (χ1n) is 7.98. The molecular weight excluding hydrogens is 432 g/mol. The molecule has 0 unspecified atom stereocenters. The SMILES string of the molecule is COc1cc([C@@H]2Nc3ccccc3-c3nnc(SC)nc3O2)cc(Br)c1O. The molecule has 0 saturated heterocycles. The van der Waals surface area contributed by atoms with Crippen molar-refractivity contribution < 1.29 is 14.6 Å². The number of benzene rings is 2. The Kier molecular flexibility index (Phi) is 4.79. The number of aromatic hydroxyl groups is 1. The molecule has 4 rings (SSSR count). The number of anilines is 1. The van der Waals surface area contributed by atoms with Gasteiger partial charge in [0.15, 0.2) is 23.4 Å². The Bertz CT molecular complexity index is 1020. The van der Waals surface area contributed by atoms with Gasteiger partial charge in [-0.05, 0) is 40.4 Å². The monoisotopic (exact) mass is 446 g/mol. The molecule has 0 amide bonds. The van der Waals surface area contributed by atoms with Crippen LogP contribution in [0, 0.1) is 0 Å². The van der Waals surface area contributed by atoms with Crippen molar-refractivity contribution in [3.63, 3.8) is 0 Å². The molecule has 138 valence electrons. The van der Waals surface area contributed by atoms with Gasteiger partial charge in [0, 0.05) is 16.8 Å². The molecule has 0 spiro atoms. The summed E-state index contributed by atoms with van der Waals surface area (Å²) in [5, 5.41) is 22.4. The van der Waals surface area contributed by atoms with Crippen LogP contribution in [-0.4, -0.2) is 33.7 Å². The molecule has 2 heterocycles. The number of rotatable bonds is 3. The number of phenols is 1. The highest BCUT2D eigenvalue weighted by molar-refractivity contribution is 9.10. The molecule has 2 N–H and O–H groups in total. The lowest BCUT2D eigenvalue weighted by Gasteiger charge is -2.20. The van der Waals surface area contributed by atoms with E-state index in [0.717, 1.165) is 16.8 Å². The van der Waals surface area contributed by atoms with Gasteiger partial charge in [-0.2, -0.15) is 4.98 Å². The zero-order valence-electron chi connectivity index (χ0n) is 14.4. The number of para-hydroxylation sites is 1. The predicted octanol–water partition coefficient (Wildman–Crippen LogP) is 4.24. The van der Waals surface area contributed by atoms with E-state index in [1.807, 2.05) is 30.5 Å². The number of aromatic nitrogens is 3. The second kappa shape index (κ2) is 7.24. The largest absolute Gasteiger partial charge is 0.503 e. The van der Waals surface area contributed by atoms with Crippen LogP contribution in [0.3, 0.4) is 0 Å². The highest BCUT2D eigenvalue weighted by Crippen LogP contribution is 2.42. The summed E-state index contributed by atoms with van der Waals surface area (Å²) in [7, 11) is 1.50. The van der Waals surface area contributed by atoms with Crippen LogP contribution in [0.1, 0.15) is 11.8 Å². The predicted molar refractivity (Wildman–Crippen MR) is 106 cm³/mol. The van der Waals surface area contributed by atoms with Gasteiger partial charge in [-0.3, -0.25) is 0 Å². The van der Waals surface area contributed by atoms with Crippen LogP contribution in [-0.2, 0) is 0 Å². The first kappa shape index (κ1) is 17.9. The second-order valence-electron chi connectivity index (χ2n) is 5.69. The normalized spacial score (nSPS) is 15.0. The van der Waals surface area contributed by atoms with Gasteiger partial charge in [0.2, 0.25) is 11.0 Å². The van der Waals surface area contributed by atoms with Gasteiger partial charge in [0.1, 0.15) is 0 Å². The standard InChI is InChI=1S/C18H15BrN4O3S/c1-25-13-8-9(7-11(19)15(13)24)16-20-12-6-4-3-5-10(12)14-17(26-16)21-18(27-2)23-22-14/h3-8,16,20,24H,1-2H3/t16-/m1/s1. The van der Waals surface area contributed by atoms with Gasteiger partial charge in [-0.25, -0.2) is 0 Å². The number of phenolic OH excluding ortho intramolecular Hbond substituents is 1. The minimum atomic E-state index is -0.565. The molecule has 27 heavy (non-hydrogen) atoms. The van der Waals surface area contributed by atoms with E-state index >= 15 is 0 Å². The molecule has 1 aromatic heterocycles. The lowest BCUT2D eigenvalue weighted by atomic mass is 10.1. The second-order valence-corrected chi connectivity index (χ2v) is 7.32. The van der Waals surface area contributed by atoms with Crippen LogP contribution < -0.4 is 14.8 Å². The molecule has 0 aliphatic carbocycles. The number of methoxy groups -OCH3 is 1. The minimum Gasteiger partial charge on any atom is -0.503 e. The van der Waals surface area contributed by atoms with E-state index in [2.05, 4.69) is 36.4 Å². The van der Waals surface area contributed by atoms with E-state index in [1.54, 1.807) is 12.1 Å². The lowest BCUT2D eigenvalue weighted by Crippen LogP contribution is -2.17. The summed E-state index contributed by atoms with van der Waals surface area (Å²) in [6, 6.07) is 11.2. The van der Waals surface area contributed by atoms with Crippen LogP contribution in [0.5, 0.6) is 17.4 Å². The van der Waals surface area contributed by atoms with E-state index in [4.69, 9.17) is 9.47 Å². The first-order chi connectivity index (χ1) is 13.1. The number of halogens is 1. The molecule has 0 fully saturated rings. The van der Waals surface area contributed by atoms with Crippen molar-refractivity contribution in [3.8, 4) is 28.6 Å². The van der Waals surface area contributed by atoms with Crippen LogP contribution in [0.4, 0.5) is 5.69 Å². The Hall–Kier alpha value is -2.52. The Balaban J connectivity index is 1.86. The zero-order chi connectivity index (χ0) is 19.0. The van der Waals surface area contributed by atoms with E-state index < -0.39 is 6.23 Å². The number of nitrogens with zero attached hydrogens (tertiary/aromatic N) is 3. The van der Waals surface area contributed by atoms with Gasteiger partial charge in [-0.1, -0.05) is 30.0 Å². The molecular formula is C18H15BrN4O3S. The molecule has 0 bridgehead atoms. The fourth-order valence-corrected chi connectivity index (χ4v) is 3.54. The summed E-state index contributed by atoms with van der Waals surface area (Å²) >= 11 is 4.75. The van der Waals surface area contributed by atoms with E-state index in [9.17, 15) is 5.11 Å². The van der Waals surface area contributed by atoms with Crippen molar-refractivity contribution in [1.82, 2.24) is 15.2 Å². The number of hydrogen-bond donors (Lipinski definition) is 2. The average Bonchev–Trinajstić information content (AvgIpc) is 2.86. The molecule has 1 aliphatic rings. The van der Waals surface area contributed by atoms with Crippen LogP contribution in [0.25, 0.3) is 11.3 Å². The minimum absolute atomic E-state index is 0.0318. The summed E-state index contributed by atoms with van der Waals surface area (Å²) in [5.74, 6) is 0.762. The quantitative estimate of drug-likeness (QED) is 0.577. The van der Waals surface area contributed by atoms with Crippen LogP contribution in [0.15, 0.2) is 46.0 Å². The van der Waals surface area contributed by atoms with Crippen LogP contribution >= 0.6 is 27.7 Å². The molecule has 2 aromatic carbocycles. The number of fused-ring (bicyclic) bond motifs is 3. The fourth-order valence-electron chi connectivity index (χ4n) is 2.79. The first-order valence-corrected chi connectivity index (χ1v) is 10.00. The molecule has 0 saturated carbocycles. The highest BCUT2D eigenvalue weighted by atomic mass is 79.9. The van der Waals surface area contributed by atoms with Gasteiger partial charge >= 0.3 is 0 Å². The lowest BCUT2D eigenvalue weighted by molar-refractivity contribution is 0.224. The number of thioether (sulfide) groups is 1. The maximum atomic E-state index is 10.1. The molecule has 1 atom stereocenters. The third-order valence-electron chi connectivity index (χ3n) is 4.09. The summed E-state index contributed by atoms with van der Waals surface area (Å²) in [4.78, 5) is 4.48. The summed E-state index contributed by atoms with van der Waals surface area (Å²) in [5.41, 5.74) is 3.02. The molecule has 9 heteroatoms. The van der Waals surface area contributed by atoms with Crippen molar-refractivity contribution >= 4 is 33.4 Å². The Morgan fingerprint density at radius 3 is 2.85 bits per heavy atom. The van der Waals surface area contributed by atoms with E-state index in [0.29, 0.717) is 27.0 Å². The van der Waals surface area contributed by atoms with Gasteiger partial charge in [-0.15, -0.1) is 10.2 Å². The highest BCUT2D eigenvalue weighted by Gasteiger charge is 2.27. The molecule has 7 nitrogen and oxygen atoms in total. The van der Waals surface area contributed by atoms with Crippen LogP contribution in [0.2, 0.25) is 0 Å². The number of ether oxygens (including phenoxy) is 2. The van der Waals surface area contributed by atoms with Crippen molar-refractivity contribution in [2.75, 3.05) is 18.7 Å².